The molecule has 0 radical (unpaired) electrons. The van der Waals surface area contributed by atoms with Gasteiger partial charge in [0, 0.05) is 32.1 Å². The van der Waals surface area contributed by atoms with Crippen LogP contribution in [0.4, 0.5) is 11.6 Å². The van der Waals surface area contributed by atoms with Crippen molar-refractivity contribution < 1.29 is 18.8 Å². The number of halogens is 2. The molecule has 43 heavy (non-hydrogen) atoms. The Bertz CT molecular complexity index is 1200. The Labute approximate surface area is 267 Å². The Kier molecular flexibility index (Phi) is 15.6. The standard InChI is InChI=1S/C26H38NO2.C6H7ClN4O.CH3Cl/c1-22-7-4-18-27(21-22,19-5-8-23-10-14-25(28-2)15-11-23)20-6-9-24-12-16-26(29-3)17-13-24;1-2(12)3-5(8)11-6(9)4(7)10-3;1-2/h10-17,22H,4-9,18-21H2,1-3H3;1H3,(H4,8,9,11);1H3/q+1;;/t22-;;/m0../s1. The molecule has 0 unspecified atom stereocenters. The van der Waals surface area contributed by atoms with Gasteiger partial charge < -0.3 is 25.4 Å². The third-order valence-electron chi connectivity index (χ3n) is 7.78. The molecule has 0 amide bonds. The summed E-state index contributed by atoms with van der Waals surface area (Å²) >= 11 is 10.2. The highest BCUT2D eigenvalue weighted by molar-refractivity contribution is 6.31. The number of carbonyl (C=O) groups is 1. The smallest absolute Gasteiger partial charge is 0.181 e. The van der Waals surface area contributed by atoms with Gasteiger partial charge in [-0.05, 0) is 61.1 Å². The number of aromatic nitrogens is 2. The number of methoxy groups -OCH3 is 2. The lowest BCUT2D eigenvalue weighted by Gasteiger charge is -2.44. The second-order valence-electron chi connectivity index (χ2n) is 11.0. The Morgan fingerprint density at radius 3 is 1.79 bits per heavy atom. The first-order valence-electron chi connectivity index (χ1n) is 14.7. The topological polar surface area (TPSA) is 113 Å². The largest absolute Gasteiger partial charge is 0.497 e. The van der Waals surface area contributed by atoms with Crippen LogP contribution in [-0.4, -0.2) is 67.0 Å². The molecule has 1 fully saturated rings. The fraction of sp³-hybridized carbons (Fsp3) is 0.485. The minimum atomic E-state index is -0.290. The van der Waals surface area contributed by atoms with Gasteiger partial charge in [-0.25, -0.2) is 9.97 Å². The van der Waals surface area contributed by atoms with Crippen molar-refractivity contribution in [2.24, 2.45) is 5.92 Å². The number of piperidine rings is 1. The van der Waals surface area contributed by atoms with Gasteiger partial charge in [0.1, 0.15) is 17.2 Å². The van der Waals surface area contributed by atoms with Crippen molar-refractivity contribution >= 4 is 40.6 Å². The number of benzene rings is 2. The van der Waals surface area contributed by atoms with Crippen molar-refractivity contribution in [2.45, 2.75) is 52.4 Å². The molecule has 4 rings (SSSR count). The molecule has 0 bridgehead atoms. The van der Waals surface area contributed by atoms with Crippen molar-refractivity contribution in [3.63, 3.8) is 0 Å². The van der Waals surface area contributed by atoms with E-state index in [0.29, 0.717) is 0 Å². The van der Waals surface area contributed by atoms with Crippen LogP contribution >= 0.6 is 23.2 Å². The van der Waals surface area contributed by atoms with Crippen LogP contribution in [0.25, 0.3) is 0 Å². The van der Waals surface area contributed by atoms with Crippen molar-refractivity contribution in [1.29, 1.82) is 0 Å². The number of ether oxygens (including phenoxy) is 2. The summed E-state index contributed by atoms with van der Waals surface area (Å²) in [7, 11) is 3.46. The first-order chi connectivity index (χ1) is 20.6. The Balaban J connectivity index is 0.000000385. The number of likely N-dealkylation sites (tertiary alicyclic amines) is 1. The molecular formula is C33H48Cl2N5O3+. The van der Waals surface area contributed by atoms with Crippen molar-refractivity contribution in [3.8, 4) is 11.5 Å². The van der Waals surface area contributed by atoms with Gasteiger partial charge in [-0.2, -0.15) is 0 Å². The fourth-order valence-electron chi connectivity index (χ4n) is 5.66. The maximum Gasteiger partial charge on any atom is 0.181 e. The van der Waals surface area contributed by atoms with Gasteiger partial charge in [-0.1, -0.05) is 42.8 Å². The zero-order valence-electron chi connectivity index (χ0n) is 26.2. The van der Waals surface area contributed by atoms with E-state index in [4.69, 9.17) is 32.5 Å². The number of aryl methyl sites for hydroxylation is 2. The molecule has 4 N–H and O–H groups in total. The predicted octanol–water partition coefficient (Wildman–Crippen LogP) is 6.87. The molecule has 1 saturated heterocycles. The molecule has 0 spiro atoms. The Morgan fingerprint density at radius 2 is 1.37 bits per heavy atom. The van der Waals surface area contributed by atoms with Crippen LogP contribution in [0, 0.1) is 5.92 Å². The molecule has 1 aliphatic heterocycles. The third-order valence-corrected chi connectivity index (χ3v) is 8.06. The van der Waals surface area contributed by atoms with Gasteiger partial charge in [0.25, 0.3) is 0 Å². The van der Waals surface area contributed by atoms with Gasteiger partial charge in [-0.3, -0.25) is 4.79 Å². The van der Waals surface area contributed by atoms with Crippen LogP contribution < -0.4 is 20.9 Å². The van der Waals surface area contributed by atoms with E-state index in [1.54, 1.807) is 14.2 Å². The lowest BCUT2D eigenvalue weighted by atomic mass is 9.95. The summed E-state index contributed by atoms with van der Waals surface area (Å²) in [6.07, 6.45) is 9.11. The van der Waals surface area contributed by atoms with Gasteiger partial charge in [0.2, 0.25) is 0 Å². The van der Waals surface area contributed by atoms with E-state index in [1.165, 1.54) is 80.8 Å². The highest BCUT2D eigenvalue weighted by Crippen LogP contribution is 2.26. The van der Waals surface area contributed by atoms with Crippen LogP contribution in [0.5, 0.6) is 11.5 Å². The first-order valence-corrected chi connectivity index (χ1v) is 15.9. The zero-order chi connectivity index (χ0) is 31.8. The number of quaternary nitrogens is 1. The number of alkyl halides is 1. The average molecular weight is 634 g/mol. The summed E-state index contributed by atoms with van der Waals surface area (Å²) in [6, 6.07) is 17.2. The summed E-state index contributed by atoms with van der Waals surface area (Å²) in [5, 5.41) is -0.00519. The van der Waals surface area contributed by atoms with Gasteiger partial charge in [0.15, 0.2) is 22.6 Å². The van der Waals surface area contributed by atoms with E-state index in [1.807, 2.05) is 0 Å². The van der Waals surface area contributed by atoms with E-state index in [-0.39, 0.29) is 28.3 Å². The zero-order valence-corrected chi connectivity index (χ0v) is 27.8. The summed E-state index contributed by atoms with van der Waals surface area (Å²) in [5.41, 5.74) is 13.5. The summed E-state index contributed by atoms with van der Waals surface area (Å²) in [6.45, 7) is 9.09. The van der Waals surface area contributed by atoms with Crippen LogP contribution in [0.15, 0.2) is 48.5 Å². The van der Waals surface area contributed by atoms with E-state index >= 15 is 0 Å². The second-order valence-corrected chi connectivity index (χ2v) is 11.4. The highest BCUT2D eigenvalue weighted by atomic mass is 35.5. The fourth-order valence-corrected chi connectivity index (χ4v) is 5.79. The second kappa shape index (κ2) is 18.6. The molecule has 1 atom stereocenters. The van der Waals surface area contributed by atoms with Gasteiger partial charge >= 0.3 is 0 Å². The van der Waals surface area contributed by atoms with Crippen LogP contribution in [-0.2, 0) is 12.8 Å². The SMILES string of the molecule is CC(=O)c1nc(Cl)c(N)nc1N.CCl.COc1ccc(CCC[N+]2(CCCc3ccc(OC)cc3)CCC[C@H](C)C2)cc1. The molecular weight excluding hydrogens is 585 g/mol. The summed E-state index contributed by atoms with van der Waals surface area (Å²) in [4.78, 5) is 18.2. The maximum atomic E-state index is 10.8. The molecule has 0 aliphatic carbocycles. The van der Waals surface area contributed by atoms with E-state index in [9.17, 15) is 4.79 Å². The molecule has 0 saturated carbocycles. The number of nitrogen functional groups attached to an aromatic ring is 2. The average Bonchev–Trinajstić information content (AvgIpc) is 3.01. The van der Waals surface area contributed by atoms with Crippen molar-refractivity contribution in [2.75, 3.05) is 58.2 Å². The third kappa shape index (κ3) is 11.9. The summed E-state index contributed by atoms with van der Waals surface area (Å²) in [5.74, 6) is 2.48. The Morgan fingerprint density at radius 1 is 0.884 bits per heavy atom. The molecule has 8 nitrogen and oxygen atoms in total. The van der Waals surface area contributed by atoms with Crippen LogP contribution in [0.1, 0.15) is 61.1 Å². The summed E-state index contributed by atoms with van der Waals surface area (Å²) < 4.78 is 11.9. The van der Waals surface area contributed by atoms with Gasteiger partial charge in [0.05, 0.1) is 40.4 Å². The lowest BCUT2D eigenvalue weighted by Crippen LogP contribution is -2.55. The predicted molar refractivity (Wildman–Crippen MR) is 178 cm³/mol. The quantitative estimate of drug-likeness (QED) is 0.135. The number of nitrogens with zero attached hydrogens (tertiary/aromatic N) is 3. The van der Waals surface area contributed by atoms with Crippen LogP contribution in [0.2, 0.25) is 5.15 Å². The molecule has 1 aliphatic rings. The van der Waals surface area contributed by atoms with E-state index < -0.39 is 0 Å². The van der Waals surface area contributed by atoms with E-state index in [0.717, 1.165) is 30.3 Å². The minimum Gasteiger partial charge on any atom is -0.497 e. The minimum absolute atomic E-state index is 0.00407. The molecule has 1 aromatic heterocycles. The number of nitrogens with two attached hydrogens (primary N) is 2. The van der Waals surface area contributed by atoms with Crippen LogP contribution in [0.3, 0.4) is 0 Å². The highest BCUT2D eigenvalue weighted by Gasteiger charge is 2.32. The van der Waals surface area contributed by atoms with E-state index in [2.05, 4.69) is 77.0 Å². The monoisotopic (exact) mass is 632 g/mol. The van der Waals surface area contributed by atoms with Gasteiger partial charge in [-0.15, -0.1) is 11.6 Å². The number of hydrogen-bond donors (Lipinski definition) is 2. The molecule has 2 aromatic carbocycles. The van der Waals surface area contributed by atoms with Crippen molar-refractivity contribution in [1.82, 2.24) is 9.97 Å². The normalized spacial score (nSPS) is 15.3. The molecule has 236 valence electrons. The molecule has 2 heterocycles. The number of rotatable bonds is 11. The maximum absolute atomic E-state index is 10.8. The van der Waals surface area contributed by atoms with Crippen molar-refractivity contribution in [3.05, 3.63) is 70.5 Å². The number of hydrogen-bond acceptors (Lipinski definition) is 7. The first kappa shape index (κ1) is 36.1. The lowest BCUT2D eigenvalue weighted by molar-refractivity contribution is -0.936. The molecule has 3 aromatic rings. The molecule has 10 heteroatoms. The number of carbonyl (C=O) groups excluding carboxylic acids is 1. The number of Topliss-reactive ketones (excluding diaryl/α,β-unsaturated/α-hetero) is 1. The number of anilines is 2. The Hall–Kier alpha value is -3.07. The number of ketones is 1.